The Balaban J connectivity index is 2.09. The van der Waals surface area contributed by atoms with Gasteiger partial charge in [0.05, 0.1) is 11.2 Å². The largest absolute Gasteiger partial charge is 0.325 e. The lowest BCUT2D eigenvalue weighted by molar-refractivity contribution is 0.622. The minimum absolute atomic E-state index is 0.0374. The maximum atomic E-state index is 6.17. The standard InChI is InChI=1S/C13H17N3/c1-2-16-12-6-4-3-5-10(12)11(15-16)9-13(14)7-8-13/h3-6H,2,7-9,14H2,1H3. The van der Waals surface area contributed by atoms with Crippen LogP contribution >= 0.6 is 0 Å². The molecule has 2 N–H and O–H groups in total. The zero-order chi connectivity index (χ0) is 11.2. The highest BCUT2D eigenvalue weighted by Crippen LogP contribution is 2.36. The molecule has 1 aliphatic carbocycles. The minimum Gasteiger partial charge on any atom is -0.325 e. The molecule has 0 atom stereocenters. The highest BCUT2D eigenvalue weighted by Gasteiger charge is 2.39. The van der Waals surface area contributed by atoms with Gasteiger partial charge < -0.3 is 5.73 Å². The number of fused-ring (bicyclic) bond motifs is 1. The summed E-state index contributed by atoms with van der Waals surface area (Å²) in [5.74, 6) is 0. The monoisotopic (exact) mass is 215 g/mol. The molecule has 0 aliphatic heterocycles. The smallest absolute Gasteiger partial charge is 0.0721 e. The Labute approximate surface area is 95.2 Å². The molecule has 0 amide bonds. The molecule has 16 heavy (non-hydrogen) atoms. The van der Waals surface area contributed by atoms with Gasteiger partial charge in [-0.1, -0.05) is 18.2 Å². The number of aromatic nitrogens is 2. The quantitative estimate of drug-likeness (QED) is 0.852. The molecule has 3 nitrogen and oxygen atoms in total. The number of hydrogen-bond donors (Lipinski definition) is 1. The van der Waals surface area contributed by atoms with Gasteiger partial charge >= 0.3 is 0 Å². The van der Waals surface area contributed by atoms with Crippen molar-refractivity contribution in [1.82, 2.24) is 9.78 Å². The summed E-state index contributed by atoms with van der Waals surface area (Å²) in [6.45, 7) is 3.04. The number of benzene rings is 1. The van der Waals surface area contributed by atoms with Gasteiger partial charge in [0, 0.05) is 23.9 Å². The summed E-state index contributed by atoms with van der Waals surface area (Å²) in [6.07, 6.45) is 3.20. The van der Waals surface area contributed by atoms with Gasteiger partial charge in [0.25, 0.3) is 0 Å². The predicted molar refractivity (Wildman–Crippen MR) is 65.3 cm³/mol. The first-order chi connectivity index (χ1) is 7.72. The van der Waals surface area contributed by atoms with E-state index in [0.29, 0.717) is 0 Å². The fourth-order valence-corrected chi connectivity index (χ4v) is 2.24. The molecule has 1 heterocycles. The van der Waals surface area contributed by atoms with Crippen molar-refractivity contribution in [3.8, 4) is 0 Å². The van der Waals surface area contributed by atoms with Gasteiger partial charge in [-0.25, -0.2) is 0 Å². The molecular formula is C13H17N3. The lowest BCUT2D eigenvalue weighted by atomic mass is 10.1. The number of nitrogens with zero attached hydrogens (tertiary/aromatic N) is 2. The fraction of sp³-hybridized carbons (Fsp3) is 0.462. The van der Waals surface area contributed by atoms with E-state index in [4.69, 9.17) is 5.73 Å². The molecular weight excluding hydrogens is 198 g/mol. The molecule has 0 spiro atoms. The van der Waals surface area contributed by atoms with E-state index >= 15 is 0 Å². The molecule has 0 saturated heterocycles. The van der Waals surface area contributed by atoms with Crippen molar-refractivity contribution in [2.75, 3.05) is 0 Å². The summed E-state index contributed by atoms with van der Waals surface area (Å²) in [7, 11) is 0. The summed E-state index contributed by atoms with van der Waals surface area (Å²) in [4.78, 5) is 0. The molecule has 1 aliphatic rings. The van der Waals surface area contributed by atoms with E-state index in [2.05, 4.69) is 41.0 Å². The Morgan fingerprint density at radius 3 is 2.81 bits per heavy atom. The molecule has 0 bridgehead atoms. The summed E-state index contributed by atoms with van der Waals surface area (Å²) < 4.78 is 2.07. The van der Waals surface area contributed by atoms with Crippen molar-refractivity contribution in [1.29, 1.82) is 0 Å². The summed E-state index contributed by atoms with van der Waals surface area (Å²) in [5, 5.41) is 5.93. The van der Waals surface area contributed by atoms with E-state index in [-0.39, 0.29) is 5.54 Å². The molecule has 0 unspecified atom stereocenters. The Morgan fingerprint density at radius 1 is 1.38 bits per heavy atom. The van der Waals surface area contributed by atoms with Crippen LogP contribution in [0.5, 0.6) is 0 Å². The van der Waals surface area contributed by atoms with Crippen LogP contribution in [0.25, 0.3) is 10.9 Å². The maximum absolute atomic E-state index is 6.17. The zero-order valence-corrected chi connectivity index (χ0v) is 9.61. The first kappa shape index (κ1) is 9.85. The van der Waals surface area contributed by atoms with Crippen molar-refractivity contribution in [2.45, 2.75) is 38.3 Å². The van der Waals surface area contributed by atoms with Crippen molar-refractivity contribution in [3.05, 3.63) is 30.0 Å². The third-order valence-corrected chi connectivity index (χ3v) is 3.45. The number of aryl methyl sites for hydroxylation is 1. The van der Waals surface area contributed by atoms with E-state index in [9.17, 15) is 0 Å². The first-order valence-electron chi connectivity index (χ1n) is 5.95. The Hall–Kier alpha value is -1.35. The average molecular weight is 215 g/mol. The van der Waals surface area contributed by atoms with Crippen LogP contribution in [0.3, 0.4) is 0 Å². The van der Waals surface area contributed by atoms with Crippen molar-refractivity contribution in [3.63, 3.8) is 0 Å². The van der Waals surface area contributed by atoms with Gasteiger partial charge in [0.15, 0.2) is 0 Å². The van der Waals surface area contributed by atoms with Crippen LogP contribution in [0.15, 0.2) is 24.3 Å². The normalized spacial score (nSPS) is 17.9. The summed E-state index contributed by atoms with van der Waals surface area (Å²) in [5.41, 5.74) is 8.60. The molecule has 3 rings (SSSR count). The van der Waals surface area contributed by atoms with Crippen LogP contribution in [-0.4, -0.2) is 15.3 Å². The molecule has 1 aromatic heterocycles. The highest BCUT2D eigenvalue weighted by atomic mass is 15.3. The Morgan fingerprint density at radius 2 is 2.12 bits per heavy atom. The third kappa shape index (κ3) is 1.52. The second kappa shape index (κ2) is 3.32. The SMILES string of the molecule is CCn1nc(CC2(N)CC2)c2ccccc21. The number of rotatable bonds is 3. The highest BCUT2D eigenvalue weighted by molar-refractivity contribution is 5.82. The van der Waals surface area contributed by atoms with Crippen LogP contribution in [0.4, 0.5) is 0 Å². The van der Waals surface area contributed by atoms with E-state index in [1.165, 1.54) is 10.9 Å². The predicted octanol–water partition coefficient (Wildman–Crippen LogP) is 2.09. The van der Waals surface area contributed by atoms with E-state index in [0.717, 1.165) is 31.5 Å². The zero-order valence-electron chi connectivity index (χ0n) is 9.61. The van der Waals surface area contributed by atoms with E-state index < -0.39 is 0 Å². The van der Waals surface area contributed by atoms with Gasteiger partial charge in [-0.05, 0) is 25.8 Å². The minimum atomic E-state index is 0.0374. The molecule has 1 aromatic carbocycles. The van der Waals surface area contributed by atoms with Crippen LogP contribution in [0.1, 0.15) is 25.5 Å². The molecule has 3 heteroatoms. The Bertz CT molecular complexity index is 523. The van der Waals surface area contributed by atoms with Crippen LogP contribution in [0.2, 0.25) is 0 Å². The fourth-order valence-electron chi connectivity index (χ4n) is 2.24. The van der Waals surface area contributed by atoms with Gasteiger partial charge in [-0.3, -0.25) is 4.68 Å². The summed E-state index contributed by atoms with van der Waals surface area (Å²) in [6, 6.07) is 8.42. The molecule has 2 aromatic rings. The summed E-state index contributed by atoms with van der Waals surface area (Å²) >= 11 is 0. The number of nitrogens with two attached hydrogens (primary N) is 1. The lowest BCUT2D eigenvalue weighted by Gasteiger charge is -2.05. The lowest BCUT2D eigenvalue weighted by Crippen LogP contribution is -2.24. The third-order valence-electron chi connectivity index (χ3n) is 3.45. The van der Waals surface area contributed by atoms with Gasteiger partial charge in [0.2, 0.25) is 0 Å². The molecule has 1 fully saturated rings. The molecule has 1 saturated carbocycles. The van der Waals surface area contributed by atoms with Crippen molar-refractivity contribution < 1.29 is 0 Å². The van der Waals surface area contributed by atoms with Gasteiger partial charge in [0.1, 0.15) is 0 Å². The number of para-hydroxylation sites is 1. The second-order valence-corrected chi connectivity index (χ2v) is 4.82. The topological polar surface area (TPSA) is 43.8 Å². The molecule has 0 radical (unpaired) electrons. The van der Waals surface area contributed by atoms with E-state index in [1.807, 2.05) is 0 Å². The van der Waals surface area contributed by atoms with Crippen LogP contribution < -0.4 is 5.73 Å². The van der Waals surface area contributed by atoms with Crippen molar-refractivity contribution >= 4 is 10.9 Å². The van der Waals surface area contributed by atoms with Gasteiger partial charge in [-0.2, -0.15) is 5.10 Å². The van der Waals surface area contributed by atoms with Crippen LogP contribution in [-0.2, 0) is 13.0 Å². The number of hydrogen-bond acceptors (Lipinski definition) is 2. The first-order valence-corrected chi connectivity index (χ1v) is 5.95. The molecule has 84 valence electrons. The van der Waals surface area contributed by atoms with E-state index in [1.54, 1.807) is 0 Å². The average Bonchev–Trinajstić information content (AvgIpc) is 2.91. The maximum Gasteiger partial charge on any atom is 0.0721 e. The second-order valence-electron chi connectivity index (χ2n) is 4.82. The Kier molecular flexibility index (Phi) is 2.04. The van der Waals surface area contributed by atoms with Crippen molar-refractivity contribution in [2.24, 2.45) is 5.73 Å². The van der Waals surface area contributed by atoms with Crippen LogP contribution in [0, 0.1) is 0 Å². The van der Waals surface area contributed by atoms with Gasteiger partial charge in [-0.15, -0.1) is 0 Å².